The number of halogens is 1. The number of carbonyl (C=O) groups excluding carboxylic acids is 1. The number of hydrogen-bond donors (Lipinski definition) is 0. The molecular weight excluding hydrogens is 386 g/mol. The van der Waals surface area contributed by atoms with Crippen LogP contribution in [-0.2, 0) is 11.2 Å². The maximum Gasteiger partial charge on any atom is 0.311 e. The zero-order valence-electron chi connectivity index (χ0n) is 16.0. The number of rotatable bonds is 8. The molecule has 2 aromatic carbocycles. The molecule has 0 heterocycles. The second-order valence-corrected chi connectivity index (χ2v) is 6.02. The minimum Gasteiger partial charge on any atom is -0.493 e. The van der Waals surface area contributed by atoms with Crippen molar-refractivity contribution in [3.8, 4) is 34.8 Å². The van der Waals surface area contributed by atoms with Crippen molar-refractivity contribution >= 4 is 17.6 Å². The summed E-state index contributed by atoms with van der Waals surface area (Å²) in [4.78, 5) is 12.3. The van der Waals surface area contributed by atoms with Crippen molar-refractivity contribution in [2.24, 2.45) is 0 Å². The quantitative estimate of drug-likeness (QED) is 0.487. The van der Waals surface area contributed by atoms with E-state index in [0.717, 1.165) is 5.56 Å². The molecule has 0 unspecified atom stereocenters. The highest BCUT2D eigenvalue weighted by Crippen LogP contribution is 2.39. The Kier molecular flexibility index (Phi) is 7.36. The van der Waals surface area contributed by atoms with Crippen molar-refractivity contribution in [3.63, 3.8) is 0 Å². The van der Waals surface area contributed by atoms with Gasteiger partial charge in [0.25, 0.3) is 0 Å². The number of methoxy groups -OCH3 is 4. The first-order valence-corrected chi connectivity index (χ1v) is 8.62. The van der Waals surface area contributed by atoms with E-state index in [-0.39, 0.29) is 22.9 Å². The third kappa shape index (κ3) is 4.78. The molecule has 7 nitrogen and oxygen atoms in total. The van der Waals surface area contributed by atoms with Gasteiger partial charge in [-0.3, -0.25) is 4.79 Å². The van der Waals surface area contributed by atoms with Gasteiger partial charge in [0.05, 0.1) is 45.1 Å². The fourth-order valence-electron chi connectivity index (χ4n) is 2.57. The maximum atomic E-state index is 12.3. The molecule has 148 valence electrons. The van der Waals surface area contributed by atoms with Crippen LogP contribution < -0.4 is 23.7 Å². The Morgan fingerprint density at radius 3 is 2.00 bits per heavy atom. The minimum atomic E-state index is -0.501. The zero-order chi connectivity index (χ0) is 20.7. The van der Waals surface area contributed by atoms with Crippen LogP contribution in [0, 0.1) is 11.3 Å². The minimum absolute atomic E-state index is 0.0815. The molecule has 0 aromatic heterocycles. The van der Waals surface area contributed by atoms with Gasteiger partial charge in [0, 0.05) is 12.5 Å². The molecule has 0 radical (unpaired) electrons. The summed E-state index contributed by atoms with van der Waals surface area (Å²) in [6.07, 6.45) is 0.462. The van der Waals surface area contributed by atoms with Crippen molar-refractivity contribution in [2.45, 2.75) is 12.8 Å². The van der Waals surface area contributed by atoms with E-state index in [0.29, 0.717) is 29.2 Å². The van der Waals surface area contributed by atoms with Gasteiger partial charge in [0.2, 0.25) is 5.75 Å². The Morgan fingerprint density at radius 2 is 1.50 bits per heavy atom. The fraction of sp³-hybridized carbons (Fsp3) is 0.300. The zero-order valence-corrected chi connectivity index (χ0v) is 16.8. The van der Waals surface area contributed by atoms with Crippen LogP contribution in [0.25, 0.3) is 0 Å². The Bertz CT molecular complexity index is 881. The molecule has 0 aliphatic heterocycles. The summed E-state index contributed by atoms with van der Waals surface area (Å²) < 4.78 is 26.4. The van der Waals surface area contributed by atoms with Crippen LogP contribution in [0.15, 0.2) is 24.3 Å². The van der Waals surface area contributed by atoms with Gasteiger partial charge in [0.1, 0.15) is 0 Å². The molecule has 28 heavy (non-hydrogen) atoms. The second kappa shape index (κ2) is 9.72. The molecular formula is C20H20ClNO6. The average molecular weight is 406 g/mol. The predicted octanol–water partition coefficient (Wildman–Crippen LogP) is 3.78. The first-order chi connectivity index (χ1) is 13.5. The van der Waals surface area contributed by atoms with E-state index in [1.165, 1.54) is 40.6 Å². The lowest BCUT2D eigenvalue weighted by Crippen LogP contribution is -2.10. The number of aryl methyl sites for hydroxylation is 1. The lowest BCUT2D eigenvalue weighted by molar-refractivity contribution is -0.134. The van der Waals surface area contributed by atoms with Crippen LogP contribution in [0.3, 0.4) is 0 Å². The van der Waals surface area contributed by atoms with Gasteiger partial charge in [-0.05, 0) is 30.2 Å². The highest BCUT2D eigenvalue weighted by Gasteiger charge is 2.17. The number of carbonyl (C=O) groups is 1. The third-order valence-electron chi connectivity index (χ3n) is 3.92. The molecule has 0 saturated heterocycles. The summed E-state index contributed by atoms with van der Waals surface area (Å²) in [7, 11) is 5.97. The highest BCUT2D eigenvalue weighted by molar-refractivity contribution is 6.32. The monoisotopic (exact) mass is 405 g/mol. The Balaban J connectivity index is 2.15. The standard InChI is InChI=1S/C20H20ClNO6/c1-24-15-10-13(11-22)7-14(21)19(15)28-18(23)6-5-12-8-16(25-2)20(27-4)17(9-12)26-3/h7-10H,5-6H2,1-4H3. The van der Waals surface area contributed by atoms with Gasteiger partial charge >= 0.3 is 5.97 Å². The largest absolute Gasteiger partial charge is 0.493 e. The Hall–Kier alpha value is -3.11. The van der Waals surface area contributed by atoms with Gasteiger partial charge in [-0.15, -0.1) is 0 Å². The number of ether oxygens (including phenoxy) is 5. The molecule has 8 heteroatoms. The summed E-state index contributed by atoms with van der Waals surface area (Å²) in [6.45, 7) is 0. The van der Waals surface area contributed by atoms with E-state index >= 15 is 0 Å². The van der Waals surface area contributed by atoms with E-state index in [4.69, 9.17) is 40.5 Å². The van der Waals surface area contributed by atoms with Crippen LogP contribution in [0.5, 0.6) is 28.7 Å². The van der Waals surface area contributed by atoms with Crippen molar-refractivity contribution in [2.75, 3.05) is 28.4 Å². The van der Waals surface area contributed by atoms with Gasteiger partial charge in [-0.2, -0.15) is 5.26 Å². The van der Waals surface area contributed by atoms with E-state index in [9.17, 15) is 4.79 Å². The lowest BCUT2D eigenvalue weighted by atomic mass is 10.1. The number of nitriles is 1. The molecule has 2 rings (SSSR count). The van der Waals surface area contributed by atoms with Gasteiger partial charge < -0.3 is 23.7 Å². The number of nitrogens with zero attached hydrogens (tertiary/aromatic N) is 1. The van der Waals surface area contributed by atoms with Crippen molar-refractivity contribution in [3.05, 3.63) is 40.4 Å². The fourth-order valence-corrected chi connectivity index (χ4v) is 2.82. The predicted molar refractivity (Wildman–Crippen MR) is 103 cm³/mol. The average Bonchev–Trinajstić information content (AvgIpc) is 2.72. The van der Waals surface area contributed by atoms with Gasteiger partial charge in [0.15, 0.2) is 23.0 Å². The molecule has 0 fully saturated rings. The van der Waals surface area contributed by atoms with E-state index < -0.39 is 5.97 Å². The van der Waals surface area contributed by atoms with E-state index in [1.54, 1.807) is 12.1 Å². The summed E-state index contributed by atoms with van der Waals surface area (Å²) >= 11 is 6.11. The Labute approximate surface area is 168 Å². The summed E-state index contributed by atoms with van der Waals surface area (Å²) in [5, 5.41) is 9.11. The van der Waals surface area contributed by atoms with E-state index in [1.807, 2.05) is 6.07 Å². The first-order valence-electron chi connectivity index (χ1n) is 8.24. The van der Waals surface area contributed by atoms with Crippen LogP contribution in [0.2, 0.25) is 5.02 Å². The molecule has 0 atom stereocenters. The molecule has 0 N–H and O–H groups in total. The maximum absolute atomic E-state index is 12.3. The molecule has 0 spiro atoms. The smallest absolute Gasteiger partial charge is 0.311 e. The summed E-state index contributed by atoms with van der Waals surface area (Å²) in [6, 6.07) is 8.36. The van der Waals surface area contributed by atoms with Gasteiger partial charge in [-0.1, -0.05) is 11.6 Å². The first kappa shape index (κ1) is 21.2. The van der Waals surface area contributed by atoms with Crippen molar-refractivity contribution in [1.82, 2.24) is 0 Å². The van der Waals surface area contributed by atoms with Crippen LogP contribution >= 0.6 is 11.6 Å². The SMILES string of the molecule is COc1cc(C#N)cc(Cl)c1OC(=O)CCc1cc(OC)c(OC)c(OC)c1. The third-order valence-corrected chi connectivity index (χ3v) is 4.20. The second-order valence-electron chi connectivity index (χ2n) is 5.61. The highest BCUT2D eigenvalue weighted by atomic mass is 35.5. The lowest BCUT2D eigenvalue weighted by Gasteiger charge is -2.14. The van der Waals surface area contributed by atoms with Crippen molar-refractivity contribution < 1.29 is 28.5 Å². The normalized spacial score (nSPS) is 10.0. The molecule has 0 aliphatic rings. The number of hydrogen-bond acceptors (Lipinski definition) is 7. The van der Waals surface area contributed by atoms with E-state index in [2.05, 4.69) is 0 Å². The topological polar surface area (TPSA) is 87.0 Å². The summed E-state index contributed by atoms with van der Waals surface area (Å²) in [5.41, 5.74) is 1.11. The molecule has 0 saturated carbocycles. The number of esters is 1. The van der Waals surface area contributed by atoms with Gasteiger partial charge in [-0.25, -0.2) is 0 Å². The molecule has 0 bridgehead atoms. The molecule has 0 aliphatic carbocycles. The van der Waals surface area contributed by atoms with Crippen molar-refractivity contribution in [1.29, 1.82) is 5.26 Å². The van der Waals surface area contributed by atoms with Crippen LogP contribution in [0.1, 0.15) is 17.5 Å². The number of benzene rings is 2. The van der Waals surface area contributed by atoms with Crippen LogP contribution in [-0.4, -0.2) is 34.4 Å². The molecule has 0 amide bonds. The summed E-state index contributed by atoms with van der Waals surface area (Å²) in [5.74, 6) is 1.27. The van der Waals surface area contributed by atoms with Crippen LogP contribution in [0.4, 0.5) is 0 Å². The molecule has 2 aromatic rings. The Morgan fingerprint density at radius 1 is 0.929 bits per heavy atom.